The monoisotopic (exact) mass is 245 g/mol. The maximum Gasteiger partial charge on any atom is 0.0632 e. The first-order valence-corrected chi connectivity index (χ1v) is 7.26. The molecule has 0 bridgehead atoms. The molecule has 0 radical (unpaired) electrons. The van der Waals surface area contributed by atoms with Gasteiger partial charge in [0.15, 0.2) is 0 Å². The summed E-state index contributed by atoms with van der Waals surface area (Å²) in [4.78, 5) is 2.51. The van der Waals surface area contributed by atoms with Crippen molar-refractivity contribution in [1.29, 1.82) is 0 Å². The van der Waals surface area contributed by atoms with Gasteiger partial charge in [0.2, 0.25) is 0 Å². The Labute approximate surface area is 106 Å². The Balaban J connectivity index is 2.36. The van der Waals surface area contributed by atoms with Crippen LogP contribution in [0.25, 0.3) is 0 Å². The van der Waals surface area contributed by atoms with E-state index < -0.39 is 5.60 Å². The second kappa shape index (κ2) is 6.87. The number of hydrogen-bond acceptors (Lipinski definition) is 3. The van der Waals surface area contributed by atoms with Crippen molar-refractivity contribution in [2.24, 2.45) is 5.92 Å². The molecule has 2 unspecified atom stereocenters. The molecule has 0 spiro atoms. The van der Waals surface area contributed by atoms with Crippen molar-refractivity contribution in [2.75, 3.05) is 25.4 Å². The minimum atomic E-state index is -0.435. The normalized spacial score (nSPS) is 30.0. The molecule has 2 atom stereocenters. The number of nitrogens with zero attached hydrogens (tertiary/aromatic N) is 1. The smallest absolute Gasteiger partial charge is 0.0632 e. The SMILES string of the molecule is CCCC(CS)CN1CCCC(C)(O)CC1. The summed E-state index contributed by atoms with van der Waals surface area (Å²) in [5.41, 5.74) is -0.435. The van der Waals surface area contributed by atoms with E-state index in [-0.39, 0.29) is 0 Å². The molecule has 0 amide bonds. The minimum absolute atomic E-state index is 0.435. The van der Waals surface area contributed by atoms with Gasteiger partial charge in [0.1, 0.15) is 0 Å². The fourth-order valence-electron chi connectivity index (χ4n) is 2.52. The standard InChI is InChI=1S/C13H27NOS/c1-3-5-12(11-16)10-14-8-4-6-13(2,15)7-9-14/h12,15-16H,3-11H2,1-2H3. The van der Waals surface area contributed by atoms with E-state index in [2.05, 4.69) is 24.5 Å². The molecule has 0 aliphatic carbocycles. The quantitative estimate of drug-likeness (QED) is 0.727. The Bertz CT molecular complexity index is 196. The molecule has 1 rings (SSSR count). The Morgan fingerprint density at radius 2 is 2.12 bits per heavy atom. The van der Waals surface area contributed by atoms with Crippen LogP contribution in [0.4, 0.5) is 0 Å². The lowest BCUT2D eigenvalue weighted by atomic mass is 9.98. The molecule has 16 heavy (non-hydrogen) atoms. The van der Waals surface area contributed by atoms with Crippen LogP contribution in [0.15, 0.2) is 0 Å². The van der Waals surface area contributed by atoms with Crippen molar-refractivity contribution in [3.8, 4) is 0 Å². The molecule has 1 aliphatic rings. The van der Waals surface area contributed by atoms with Crippen LogP contribution in [0.3, 0.4) is 0 Å². The first kappa shape index (κ1) is 14.3. The molecule has 1 heterocycles. The Morgan fingerprint density at radius 3 is 2.75 bits per heavy atom. The van der Waals surface area contributed by atoms with Crippen LogP contribution < -0.4 is 0 Å². The lowest BCUT2D eigenvalue weighted by Gasteiger charge is -2.26. The second-order valence-electron chi connectivity index (χ2n) is 5.49. The number of rotatable bonds is 5. The summed E-state index contributed by atoms with van der Waals surface area (Å²) >= 11 is 4.43. The van der Waals surface area contributed by atoms with Crippen LogP contribution in [-0.4, -0.2) is 41.0 Å². The van der Waals surface area contributed by atoms with Gasteiger partial charge >= 0.3 is 0 Å². The van der Waals surface area contributed by atoms with E-state index in [0.29, 0.717) is 0 Å². The van der Waals surface area contributed by atoms with Gasteiger partial charge in [-0.25, -0.2) is 0 Å². The van der Waals surface area contributed by atoms with E-state index in [4.69, 9.17) is 0 Å². The molecule has 0 aromatic heterocycles. The molecule has 1 aliphatic heterocycles. The van der Waals surface area contributed by atoms with Crippen LogP contribution in [0.2, 0.25) is 0 Å². The summed E-state index contributed by atoms with van der Waals surface area (Å²) in [7, 11) is 0. The molecule has 0 aromatic rings. The predicted molar refractivity (Wildman–Crippen MR) is 73.2 cm³/mol. The maximum atomic E-state index is 10.0. The van der Waals surface area contributed by atoms with Gasteiger partial charge in [0.25, 0.3) is 0 Å². The number of thiol groups is 1. The third kappa shape index (κ3) is 5.07. The summed E-state index contributed by atoms with van der Waals surface area (Å²) in [5.74, 6) is 1.71. The van der Waals surface area contributed by atoms with Crippen LogP contribution >= 0.6 is 12.6 Å². The van der Waals surface area contributed by atoms with Crippen molar-refractivity contribution in [3.05, 3.63) is 0 Å². The van der Waals surface area contributed by atoms with Crippen LogP contribution in [-0.2, 0) is 0 Å². The Kier molecular flexibility index (Phi) is 6.16. The average molecular weight is 245 g/mol. The molecule has 1 saturated heterocycles. The van der Waals surface area contributed by atoms with Crippen molar-refractivity contribution in [3.63, 3.8) is 0 Å². The highest BCUT2D eigenvalue weighted by Crippen LogP contribution is 2.22. The van der Waals surface area contributed by atoms with Gasteiger partial charge in [0.05, 0.1) is 5.60 Å². The topological polar surface area (TPSA) is 23.5 Å². The van der Waals surface area contributed by atoms with E-state index in [1.54, 1.807) is 0 Å². The minimum Gasteiger partial charge on any atom is -0.390 e. The summed E-state index contributed by atoms with van der Waals surface area (Å²) in [6, 6.07) is 0. The van der Waals surface area contributed by atoms with Crippen LogP contribution in [0, 0.1) is 5.92 Å². The zero-order chi connectivity index (χ0) is 12.0. The number of likely N-dealkylation sites (tertiary alicyclic amines) is 1. The highest BCUT2D eigenvalue weighted by Gasteiger charge is 2.25. The summed E-state index contributed by atoms with van der Waals surface area (Å²) < 4.78 is 0. The Morgan fingerprint density at radius 1 is 1.38 bits per heavy atom. The molecule has 1 fully saturated rings. The van der Waals surface area contributed by atoms with Gasteiger partial charge in [0, 0.05) is 13.1 Å². The lowest BCUT2D eigenvalue weighted by Crippen LogP contribution is -2.32. The average Bonchev–Trinajstić information content (AvgIpc) is 2.40. The van der Waals surface area contributed by atoms with E-state index in [9.17, 15) is 5.11 Å². The first-order chi connectivity index (χ1) is 7.57. The molecule has 1 N–H and O–H groups in total. The maximum absolute atomic E-state index is 10.0. The Hall–Kier alpha value is 0.270. The number of aliphatic hydroxyl groups is 1. The molecule has 0 aromatic carbocycles. The van der Waals surface area contributed by atoms with Crippen molar-refractivity contribution in [1.82, 2.24) is 4.90 Å². The van der Waals surface area contributed by atoms with Crippen LogP contribution in [0.1, 0.15) is 46.0 Å². The van der Waals surface area contributed by atoms with Crippen molar-refractivity contribution >= 4 is 12.6 Å². The van der Waals surface area contributed by atoms with E-state index in [0.717, 1.165) is 50.6 Å². The molecule has 3 heteroatoms. The largest absolute Gasteiger partial charge is 0.390 e. The van der Waals surface area contributed by atoms with Gasteiger partial charge in [-0.05, 0) is 50.8 Å². The third-order valence-corrected chi connectivity index (χ3v) is 4.14. The van der Waals surface area contributed by atoms with E-state index in [1.807, 2.05) is 6.92 Å². The highest BCUT2D eigenvalue weighted by atomic mass is 32.1. The predicted octanol–water partition coefficient (Wildman–Crippen LogP) is 2.57. The molecular formula is C13H27NOS. The van der Waals surface area contributed by atoms with E-state index >= 15 is 0 Å². The fraction of sp³-hybridized carbons (Fsp3) is 1.00. The second-order valence-corrected chi connectivity index (χ2v) is 5.85. The van der Waals surface area contributed by atoms with Crippen LogP contribution in [0.5, 0.6) is 0 Å². The summed E-state index contributed by atoms with van der Waals surface area (Å²) in [6.45, 7) is 7.56. The highest BCUT2D eigenvalue weighted by molar-refractivity contribution is 7.80. The van der Waals surface area contributed by atoms with Gasteiger partial charge < -0.3 is 10.0 Å². The molecule has 2 nitrogen and oxygen atoms in total. The molecular weight excluding hydrogens is 218 g/mol. The van der Waals surface area contributed by atoms with Crippen molar-refractivity contribution in [2.45, 2.75) is 51.6 Å². The fourth-order valence-corrected chi connectivity index (χ4v) is 2.81. The molecule has 96 valence electrons. The summed E-state index contributed by atoms with van der Waals surface area (Å²) in [5, 5.41) is 10.0. The first-order valence-electron chi connectivity index (χ1n) is 6.63. The van der Waals surface area contributed by atoms with Gasteiger partial charge in [-0.3, -0.25) is 0 Å². The summed E-state index contributed by atoms with van der Waals surface area (Å²) in [6.07, 6.45) is 5.51. The van der Waals surface area contributed by atoms with Gasteiger partial charge in [-0.1, -0.05) is 13.3 Å². The zero-order valence-corrected chi connectivity index (χ0v) is 11.7. The third-order valence-electron chi connectivity index (χ3n) is 3.63. The lowest BCUT2D eigenvalue weighted by molar-refractivity contribution is 0.0442. The van der Waals surface area contributed by atoms with Gasteiger partial charge in [-0.15, -0.1) is 0 Å². The van der Waals surface area contributed by atoms with E-state index in [1.165, 1.54) is 12.8 Å². The van der Waals surface area contributed by atoms with Gasteiger partial charge in [-0.2, -0.15) is 12.6 Å². The van der Waals surface area contributed by atoms with Crippen molar-refractivity contribution < 1.29 is 5.11 Å². The molecule has 0 saturated carbocycles. The zero-order valence-electron chi connectivity index (χ0n) is 10.8. The number of hydrogen-bond donors (Lipinski definition) is 2.